The number of fused-ring (bicyclic) bond motifs is 1. The number of benzene rings is 2. The minimum atomic E-state index is -0.240. The van der Waals surface area contributed by atoms with Gasteiger partial charge in [0.2, 0.25) is 0 Å². The van der Waals surface area contributed by atoms with Crippen LogP contribution in [-0.4, -0.2) is 41.3 Å². The number of β-amino-alcohol motifs (C(OH)–C–C–N with tert-alkyl or cyclic N) is 1. The summed E-state index contributed by atoms with van der Waals surface area (Å²) >= 11 is 6.07. The maximum absolute atomic E-state index is 10.0. The van der Waals surface area contributed by atoms with E-state index in [9.17, 15) is 5.11 Å². The van der Waals surface area contributed by atoms with E-state index in [0.29, 0.717) is 11.6 Å². The first-order valence-corrected chi connectivity index (χ1v) is 9.64. The molecule has 1 aromatic heterocycles. The Morgan fingerprint density at radius 2 is 2.00 bits per heavy atom. The van der Waals surface area contributed by atoms with Crippen molar-refractivity contribution in [1.29, 1.82) is 0 Å². The average molecular weight is 383 g/mol. The zero-order valence-corrected chi connectivity index (χ0v) is 16.1. The number of hydrogen-bond donors (Lipinski definition) is 1. The largest absolute Gasteiger partial charge is 0.497 e. The molecule has 0 spiro atoms. The predicted octanol–water partition coefficient (Wildman–Crippen LogP) is 4.52. The van der Waals surface area contributed by atoms with Gasteiger partial charge in [0.05, 0.1) is 24.4 Å². The highest BCUT2D eigenvalue weighted by atomic mass is 35.5. The molecule has 1 saturated heterocycles. The molecule has 0 saturated carbocycles. The summed E-state index contributed by atoms with van der Waals surface area (Å²) in [4.78, 5) is 7.26. The molecule has 5 heteroatoms. The molecule has 0 radical (unpaired) electrons. The quantitative estimate of drug-likeness (QED) is 0.720. The number of halogens is 1. The number of ether oxygens (including phenoxy) is 1. The molecule has 1 aliphatic rings. The molecule has 0 aliphatic carbocycles. The van der Waals surface area contributed by atoms with Crippen molar-refractivity contribution >= 4 is 22.5 Å². The second-order valence-electron chi connectivity index (χ2n) is 7.09. The minimum Gasteiger partial charge on any atom is -0.497 e. The summed E-state index contributed by atoms with van der Waals surface area (Å²) in [6, 6.07) is 16.0. The number of likely N-dealkylation sites (tertiary alicyclic amines) is 1. The molecule has 3 aromatic rings. The number of nitrogens with zero attached hydrogens (tertiary/aromatic N) is 2. The summed E-state index contributed by atoms with van der Waals surface area (Å²) in [7, 11) is 1.66. The Labute approximate surface area is 164 Å². The summed E-state index contributed by atoms with van der Waals surface area (Å²) in [5.74, 6) is 0.795. The third-order valence-electron chi connectivity index (χ3n) is 5.10. The first-order valence-electron chi connectivity index (χ1n) is 9.26. The predicted molar refractivity (Wildman–Crippen MR) is 109 cm³/mol. The SMILES string of the molecule is COc1ccc2cc(CN3CCC[C@H](O)C3)c(-c3ccc(Cl)cc3)nc2c1. The van der Waals surface area contributed by atoms with E-state index in [1.54, 1.807) is 7.11 Å². The summed E-state index contributed by atoms with van der Waals surface area (Å²) in [5, 5.41) is 11.8. The molecule has 1 N–H and O–H groups in total. The van der Waals surface area contributed by atoms with E-state index in [1.165, 1.54) is 0 Å². The normalized spacial score (nSPS) is 18.0. The van der Waals surface area contributed by atoms with Gasteiger partial charge in [0.15, 0.2) is 0 Å². The lowest BCUT2D eigenvalue weighted by molar-refractivity contribution is 0.0669. The van der Waals surface area contributed by atoms with Gasteiger partial charge in [-0.2, -0.15) is 0 Å². The number of aromatic nitrogens is 1. The van der Waals surface area contributed by atoms with Crippen LogP contribution in [0.15, 0.2) is 48.5 Å². The van der Waals surface area contributed by atoms with Gasteiger partial charge in [0.1, 0.15) is 5.75 Å². The third-order valence-corrected chi connectivity index (χ3v) is 5.35. The lowest BCUT2D eigenvalue weighted by atomic mass is 10.0. The van der Waals surface area contributed by atoms with Crippen molar-refractivity contribution in [2.75, 3.05) is 20.2 Å². The van der Waals surface area contributed by atoms with E-state index in [1.807, 2.05) is 42.5 Å². The maximum Gasteiger partial charge on any atom is 0.121 e. The molecule has 140 valence electrons. The van der Waals surface area contributed by atoms with Gasteiger partial charge >= 0.3 is 0 Å². The number of pyridine rings is 1. The van der Waals surface area contributed by atoms with E-state index >= 15 is 0 Å². The molecule has 0 bridgehead atoms. The zero-order chi connectivity index (χ0) is 18.8. The van der Waals surface area contributed by atoms with Crippen LogP contribution in [0.25, 0.3) is 22.2 Å². The lowest BCUT2D eigenvalue weighted by Gasteiger charge is -2.30. The zero-order valence-electron chi connectivity index (χ0n) is 15.4. The summed E-state index contributed by atoms with van der Waals surface area (Å²) in [6.45, 7) is 2.47. The standard InChI is InChI=1S/C22H23ClN2O2/c1-27-20-9-6-16-11-17(13-25-10-2-3-19(26)14-25)22(24-21(16)12-20)15-4-7-18(23)8-5-15/h4-9,11-12,19,26H,2-3,10,13-14H2,1H3/t19-/m0/s1. The van der Waals surface area contributed by atoms with Crippen LogP contribution in [0.2, 0.25) is 5.02 Å². The summed E-state index contributed by atoms with van der Waals surface area (Å²) in [5.41, 5.74) is 4.05. The molecule has 2 aromatic carbocycles. The van der Waals surface area contributed by atoms with Crippen LogP contribution < -0.4 is 4.74 Å². The van der Waals surface area contributed by atoms with E-state index in [0.717, 1.165) is 59.4 Å². The van der Waals surface area contributed by atoms with Crippen LogP contribution >= 0.6 is 11.6 Å². The van der Waals surface area contributed by atoms with Gasteiger partial charge in [-0.25, -0.2) is 4.98 Å². The van der Waals surface area contributed by atoms with Gasteiger partial charge in [-0.3, -0.25) is 4.90 Å². The molecule has 1 fully saturated rings. The number of piperidine rings is 1. The molecule has 4 rings (SSSR count). The molecule has 0 unspecified atom stereocenters. The number of methoxy groups -OCH3 is 1. The highest BCUT2D eigenvalue weighted by Gasteiger charge is 2.20. The average Bonchev–Trinajstić information content (AvgIpc) is 2.68. The van der Waals surface area contributed by atoms with E-state index in [-0.39, 0.29) is 6.10 Å². The number of aliphatic hydroxyl groups is 1. The van der Waals surface area contributed by atoms with Gasteiger partial charge in [-0.15, -0.1) is 0 Å². The fourth-order valence-electron chi connectivity index (χ4n) is 3.71. The molecule has 27 heavy (non-hydrogen) atoms. The highest BCUT2D eigenvalue weighted by molar-refractivity contribution is 6.30. The van der Waals surface area contributed by atoms with Crippen molar-refractivity contribution < 1.29 is 9.84 Å². The van der Waals surface area contributed by atoms with Gasteiger partial charge in [0, 0.05) is 35.1 Å². The highest BCUT2D eigenvalue weighted by Crippen LogP contribution is 2.30. The van der Waals surface area contributed by atoms with Crippen molar-refractivity contribution in [2.24, 2.45) is 0 Å². The van der Waals surface area contributed by atoms with Crippen LogP contribution in [0.4, 0.5) is 0 Å². The van der Waals surface area contributed by atoms with Gasteiger partial charge in [-0.1, -0.05) is 23.7 Å². The van der Waals surface area contributed by atoms with Gasteiger partial charge in [0.25, 0.3) is 0 Å². The van der Waals surface area contributed by atoms with E-state index < -0.39 is 0 Å². The van der Waals surface area contributed by atoms with Crippen LogP contribution in [0, 0.1) is 0 Å². The van der Waals surface area contributed by atoms with Crippen molar-refractivity contribution in [1.82, 2.24) is 9.88 Å². The number of aliphatic hydroxyl groups excluding tert-OH is 1. The van der Waals surface area contributed by atoms with Crippen molar-refractivity contribution in [3.63, 3.8) is 0 Å². The minimum absolute atomic E-state index is 0.240. The molecular formula is C22H23ClN2O2. The maximum atomic E-state index is 10.0. The first kappa shape index (κ1) is 18.2. The Bertz CT molecular complexity index is 943. The Morgan fingerprint density at radius 3 is 2.74 bits per heavy atom. The van der Waals surface area contributed by atoms with Crippen LogP contribution in [0.1, 0.15) is 18.4 Å². The van der Waals surface area contributed by atoms with Crippen LogP contribution in [0.5, 0.6) is 5.75 Å². The smallest absolute Gasteiger partial charge is 0.121 e. The fourth-order valence-corrected chi connectivity index (χ4v) is 3.84. The Hall–Kier alpha value is -2.14. The topological polar surface area (TPSA) is 45.6 Å². The van der Waals surface area contributed by atoms with Gasteiger partial charge < -0.3 is 9.84 Å². The van der Waals surface area contributed by atoms with E-state index in [4.69, 9.17) is 21.3 Å². The molecule has 0 amide bonds. The van der Waals surface area contributed by atoms with Crippen molar-refractivity contribution in [3.05, 3.63) is 59.1 Å². The van der Waals surface area contributed by atoms with Gasteiger partial charge in [-0.05, 0) is 55.3 Å². The van der Waals surface area contributed by atoms with Crippen molar-refractivity contribution in [3.8, 4) is 17.0 Å². The molecule has 1 aliphatic heterocycles. The number of rotatable bonds is 4. The molecular weight excluding hydrogens is 360 g/mol. The Kier molecular flexibility index (Phi) is 5.30. The van der Waals surface area contributed by atoms with Crippen molar-refractivity contribution in [2.45, 2.75) is 25.5 Å². The number of hydrogen-bond acceptors (Lipinski definition) is 4. The monoisotopic (exact) mass is 382 g/mol. The Balaban J connectivity index is 1.78. The second kappa shape index (κ2) is 7.85. The summed E-state index contributed by atoms with van der Waals surface area (Å²) < 4.78 is 5.35. The third kappa shape index (κ3) is 4.08. The second-order valence-corrected chi connectivity index (χ2v) is 7.53. The molecule has 4 nitrogen and oxygen atoms in total. The Morgan fingerprint density at radius 1 is 1.19 bits per heavy atom. The van der Waals surface area contributed by atoms with E-state index in [2.05, 4.69) is 11.0 Å². The summed E-state index contributed by atoms with van der Waals surface area (Å²) in [6.07, 6.45) is 1.67. The lowest BCUT2D eigenvalue weighted by Crippen LogP contribution is -2.37. The first-order chi connectivity index (χ1) is 13.1. The van der Waals surface area contributed by atoms with Crippen LogP contribution in [-0.2, 0) is 6.54 Å². The molecule has 1 atom stereocenters. The molecule has 2 heterocycles. The fraction of sp³-hybridized carbons (Fsp3) is 0.318. The van der Waals surface area contributed by atoms with Crippen LogP contribution in [0.3, 0.4) is 0 Å².